The van der Waals surface area contributed by atoms with Crippen molar-refractivity contribution in [3.63, 3.8) is 0 Å². The molecule has 0 saturated heterocycles. The van der Waals surface area contributed by atoms with Crippen LogP contribution in [0.4, 0.5) is 31.5 Å². The Hall–Kier alpha value is -3.42. The highest BCUT2D eigenvalue weighted by atomic mass is 32.1. The fraction of sp³-hybridized carbons (Fsp3) is 0.176. The van der Waals surface area contributed by atoms with Crippen molar-refractivity contribution >= 4 is 38.2 Å². The Morgan fingerprint density at radius 2 is 1.81 bits per heavy atom. The molecule has 0 spiro atoms. The summed E-state index contributed by atoms with van der Waals surface area (Å²) in [5.74, 6) is -0.947. The van der Waals surface area contributed by atoms with E-state index >= 15 is 0 Å². The number of hydrogen-bond donors (Lipinski definition) is 1. The highest BCUT2D eigenvalue weighted by Crippen LogP contribution is 2.30. The molecule has 3 heterocycles. The number of nitrogens with one attached hydrogen (secondary N) is 1. The molecule has 7 nitrogen and oxygen atoms in total. The first kappa shape index (κ1) is 20.8. The maximum Gasteiger partial charge on any atom is 0.387 e. The summed E-state index contributed by atoms with van der Waals surface area (Å²) in [5.41, 5.74) is -2.04. The van der Waals surface area contributed by atoms with Gasteiger partial charge in [0.2, 0.25) is 0 Å². The number of rotatable bonds is 6. The molecular weight excluding hydrogens is 452 g/mol. The van der Waals surface area contributed by atoms with Crippen LogP contribution in [0, 0.1) is 0 Å². The van der Waals surface area contributed by atoms with Gasteiger partial charge in [-0.2, -0.15) is 13.9 Å². The summed E-state index contributed by atoms with van der Waals surface area (Å²) in [4.78, 5) is 20.1. The lowest BCUT2D eigenvalue weighted by molar-refractivity contribution is -0.0497. The van der Waals surface area contributed by atoms with E-state index in [0.717, 1.165) is 17.4 Å². The zero-order chi connectivity index (χ0) is 22.3. The molecule has 1 aromatic carbocycles. The maximum absolute atomic E-state index is 13.2. The lowest BCUT2D eigenvalue weighted by Crippen LogP contribution is -2.13. The number of halogens is 6. The predicted octanol–water partition coefficient (Wildman–Crippen LogP) is 5.07. The number of nitrogens with zero attached hydrogens (tertiary/aromatic N) is 4. The molecule has 0 fully saturated rings. The van der Waals surface area contributed by atoms with Gasteiger partial charge in [-0.05, 0) is 24.3 Å². The van der Waals surface area contributed by atoms with Crippen LogP contribution in [0.5, 0.6) is 5.75 Å². The van der Waals surface area contributed by atoms with Crippen LogP contribution < -0.4 is 10.1 Å². The molecule has 1 N–H and O–H groups in total. The van der Waals surface area contributed by atoms with Gasteiger partial charge in [0.15, 0.2) is 16.5 Å². The quantitative estimate of drug-likeness (QED) is 0.406. The molecule has 0 aliphatic rings. The van der Waals surface area contributed by atoms with Crippen molar-refractivity contribution < 1.29 is 35.9 Å². The second kappa shape index (κ2) is 8.02. The van der Waals surface area contributed by atoms with Gasteiger partial charge < -0.3 is 4.74 Å². The minimum Gasteiger partial charge on any atom is -0.435 e. The van der Waals surface area contributed by atoms with E-state index in [9.17, 15) is 31.1 Å². The monoisotopic (exact) mass is 461 g/mol. The standard InChI is InChI=1S/C17H9F6N5O2S/c18-13(19)8-4-10(14(20)21)28-12(24-8)5-9(27-28)15(29)26-17-25-7-2-1-6(30-16(22)23)3-11(7)31-17/h1-5,13-14,16H,(H,25,26,29). The zero-order valence-electron chi connectivity index (χ0n) is 14.9. The van der Waals surface area contributed by atoms with Crippen molar-refractivity contribution in [1.29, 1.82) is 0 Å². The molecular formula is C17H9F6N5O2S. The fourth-order valence-corrected chi connectivity index (χ4v) is 3.58. The highest BCUT2D eigenvalue weighted by Gasteiger charge is 2.22. The molecule has 0 atom stereocenters. The zero-order valence-corrected chi connectivity index (χ0v) is 15.7. The van der Waals surface area contributed by atoms with Gasteiger partial charge in [0.05, 0.1) is 10.2 Å². The molecule has 14 heteroatoms. The van der Waals surface area contributed by atoms with E-state index in [4.69, 9.17) is 0 Å². The molecule has 0 bridgehead atoms. The second-order valence-corrected chi connectivity index (χ2v) is 7.02. The number of alkyl halides is 6. The van der Waals surface area contributed by atoms with E-state index in [1.54, 1.807) is 0 Å². The number of aromatic nitrogens is 4. The Labute approximate surface area is 172 Å². The van der Waals surface area contributed by atoms with E-state index in [2.05, 4.69) is 25.1 Å². The molecule has 0 aliphatic heterocycles. The Balaban J connectivity index is 1.63. The second-order valence-electron chi connectivity index (χ2n) is 5.99. The molecule has 0 unspecified atom stereocenters. The molecule has 0 radical (unpaired) electrons. The summed E-state index contributed by atoms with van der Waals surface area (Å²) in [6.07, 6.45) is -6.22. The molecule has 31 heavy (non-hydrogen) atoms. The maximum atomic E-state index is 13.2. The number of carbonyl (C=O) groups is 1. The van der Waals surface area contributed by atoms with Gasteiger partial charge in [-0.25, -0.2) is 32.0 Å². The van der Waals surface area contributed by atoms with Crippen LogP contribution in [0.15, 0.2) is 30.3 Å². The van der Waals surface area contributed by atoms with Gasteiger partial charge >= 0.3 is 6.61 Å². The normalized spacial score (nSPS) is 11.9. The molecule has 162 valence electrons. The highest BCUT2D eigenvalue weighted by molar-refractivity contribution is 7.22. The number of ether oxygens (including phenoxy) is 1. The van der Waals surface area contributed by atoms with Crippen LogP contribution >= 0.6 is 11.3 Å². The third-order valence-electron chi connectivity index (χ3n) is 3.96. The van der Waals surface area contributed by atoms with Gasteiger partial charge in [0.25, 0.3) is 18.8 Å². The van der Waals surface area contributed by atoms with Crippen molar-refractivity contribution in [2.24, 2.45) is 0 Å². The summed E-state index contributed by atoms with van der Waals surface area (Å²) in [6.45, 7) is -3.00. The summed E-state index contributed by atoms with van der Waals surface area (Å²) in [7, 11) is 0. The number of amides is 1. The van der Waals surface area contributed by atoms with Crippen LogP contribution in [-0.4, -0.2) is 32.1 Å². The predicted molar refractivity (Wildman–Crippen MR) is 97.1 cm³/mol. The van der Waals surface area contributed by atoms with Crippen LogP contribution in [0.25, 0.3) is 15.9 Å². The molecule has 0 aliphatic carbocycles. The molecule has 3 aromatic heterocycles. The van der Waals surface area contributed by atoms with Gasteiger partial charge in [-0.15, -0.1) is 0 Å². The average molecular weight is 461 g/mol. The molecule has 0 saturated carbocycles. The minimum atomic E-state index is -3.13. The van der Waals surface area contributed by atoms with Gasteiger partial charge in [0, 0.05) is 6.07 Å². The number of carbonyl (C=O) groups excluding carboxylic acids is 1. The average Bonchev–Trinajstić information content (AvgIpc) is 3.29. The van der Waals surface area contributed by atoms with Crippen molar-refractivity contribution in [2.45, 2.75) is 19.5 Å². The van der Waals surface area contributed by atoms with Crippen LogP contribution in [0.3, 0.4) is 0 Å². The Morgan fingerprint density at radius 3 is 2.48 bits per heavy atom. The third-order valence-corrected chi connectivity index (χ3v) is 4.89. The number of benzene rings is 1. The molecule has 1 amide bonds. The topological polar surface area (TPSA) is 81.4 Å². The van der Waals surface area contributed by atoms with Gasteiger partial charge in [-0.3, -0.25) is 10.1 Å². The van der Waals surface area contributed by atoms with Crippen molar-refractivity contribution in [2.75, 3.05) is 5.32 Å². The minimum absolute atomic E-state index is 0.0709. The summed E-state index contributed by atoms with van der Waals surface area (Å²) in [5, 5.41) is 6.19. The van der Waals surface area contributed by atoms with E-state index in [0.29, 0.717) is 20.8 Å². The van der Waals surface area contributed by atoms with E-state index < -0.39 is 36.8 Å². The number of hydrogen-bond acceptors (Lipinski definition) is 6. The molecule has 4 aromatic rings. The lowest BCUT2D eigenvalue weighted by atomic mass is 10.3. The number of anilines is 1. The van der Waals surface area contributed by atoms with E-state index in [1.807, 2.05) is 0 Å². The van der Waals surface area contributed by atoms with Crippen LogP contribution in [-0.2, 0) is 0 Å². The smallest absolute Gasteiger partial charge is 0.387 e. The van der Waals surface area contributed by atoms with Crippen molar-refractivity contribution in [3.05, 3.63) is 47.4 Å². The first-order chi connectivity index (χ1) is 14.7. The summed E-state index contributed by atoms with van der Waals surface area (Å²) in [6, 6.07) is 5.50. The van der Waals surface area contributed by atoms with E-state index in [1.165, 1.54) is 18.2 Å². The Kier molecular flexibility index (Phi) is 5.39. The van der Waals surface area contributed by atoms with E-state index in [-0.39, 0.29) is 22.2 Å². The number of fused-ring (bicyclic) bond motifs is 2. The first-order valence-corrected chi connectivity index (χ1v) is 9.16. The third kappa shape index (κ3) is 4.23. The Bertz CT molecular complexity index is 1270. The SMILES string of the molecule is O=C(Nc1nc2ccc(OC(F)F)cc2s1)c1cc2nc(C(F)F)cc(C(F)F)n2n1. The lowest BCUT2D eigenvalue weighted by Gasteiger charge is -2.06. The van der Waals surface area contributed by atoms with Crippen molar-refractivity contribution in [3.8, 4) is 5.75 Å². The summed E-state index contributed by atoms with van der Waals surface area (Å²) >= 11 is 0.945. The number of thiazole rings is 1. The van der Waals surface area contributed by atoms with Gasteiger partial charge in [0.1, 0.15) is 17.1 Å². The molecule has 4 rings (SSSR count). The Morgan fingerprint density at radius 1 is 1.03 bits per heavy atom. The van der Waals surface area contributed by atoms with Crippen LogP contribution in [0.2, 0.25) is 0 Å². The fourth-order valence-electron chi connectivity index (χ4n) is 2.69. The van der Waals surface area contributed by atoms with Crippen molar-refractivity contribution in [1.82, 2.24) is 19.6 Å². The van der Waals surface area contributed by atoms with Gasteiger partial charge in [-0.1, -0.05) is 11.3 Å². The summed E-state index contributed by atoms with van der Waals surface area (Å²) < 4.78 is 82.3. The largest absolute Gasteiger partial charge is 0.435 e. The van der Waals surface area contributed by atoms with Crippen LogP contribution in [0.1, 0.15) is 34.7 Å². The first-order valence-electron chi connectivity index (χ1n) is 8.35.